The van der Waals surface area contributed by atoms with Crippen LogP contribution in [0.5, 0.6) is 0 Å². The molecule has 0 spiro atoms. The lowest BCUT2D eigenvalue weighted by atomic mass is 10.1. The number of rotatable bonds is 3. The first-order chi connectivity index (χ1) is 13.7. The highest BCUT2D eigenvalue weighted by Gasteiger charge is 2.39. The molecule has 0 saturated carbocycles. The van der Waals surface area contributed by atoms with Crippen molar-refractivity contribution in [2.75, 3.05) is 24.7 Å². The zero-order valence-electron chi connectivity index (χ0n) is 15.3. The standard InChI is InChI=1S/C21H20N4O3/c26-19-14-28-13-18(25(19)12-15-6-2-1-3-7-15)20(27)24-11-10-23-17-9-5-4-8-16(17)22-21(23)24/h1-9,18H,10-14H2. The van der Waals surface area contributed by atoms with E-state index in [2.05, 4.69) is 9.55 Å². The van der Waals surface area contributed by atoms with E-state index < -0.39 is 6.04 Å². The number of ether oxygens (including phenoxy) is 1. The molecule has 3 heterocycles. The van der Waals surface area contributed by atoms with E-state index in [1.165, 1.54) is 0 Å². The number of carbonyl (C=O) groups excluding carboxylic acids is 2. The number of carbonyl (C=O) groups is 2. The lowest BCUT2D eigenvalue weighted by Crippen LogP contribution is -2.56. The fraction of sp³-hybridized carbons (Fsp3) is 0.286. The summed E-state index contributed by atoms with van der Waals surface area (Å²) in [5.74, 6) is 0.336. The van der Waals surface area contributed by atoms with E-state index >= 15 is 0 Å². The maximum Gasteiger partial charge on any atom is 0.254 e. The molecule has 3 aromatic rings. The number of amides is 2. The molecule has 2 amide bonds. The first-order valence-corrected chi connectivity index (χ1v) is 9.40. The van der Waals surface area contributed by atoms with Gasteiger partial charge >= 0.3 is 0 Å². The summed E-state index contributed by atoms with van der Waals surface area (Å²) >= 11 is 0. The average molecular weight is 376 g/mol. The highest BCUT2D eigenvalue weighted by molar-refractivity contribution is 6.00. The van der Waals surface area contributed by atoms with E-state index in [0.29, 0.717) is 25.6 Å². The molecule has 5 rings (SSSR count). The van der Waals surface area contributed by atoms with Crippen LogP contribution >= 0.6 is 0 Å². The van der Waals surface area contributed by atoms with Crippen LogP contribution in [-0.2, 0) is 27.4 Å². The monoisotopic (exact) mass is 376 g/mol. The van der Waals surface area contributed by atoms with Gasteiger partial charge in [-0.1, -0.05) is 42.5 Å². The summed E-state index contributed by atoms with van der Waals surface area (Å²) in [5, 5.41) is 0. The van der Waals surface area contributed by atoms with Crippen LogP contribution in [0.25, 0.3) is 11.0 Å². The third kappa shape index (κ3) is 2.75. The van der Waals surface area contributed by atoms with E-state index in [-0.39, 0.29) is 25.0 Å². The zero-order chi connectivity index (χ0) is 19.1. The number of para-hydroxylation sites is 2. The van der Waals surface area contributed by atoms with Crippen molar-refractivity contribution in [3.8, 4) is 0 Å². The van der Waals surface area contributed by atoms with Gasteiger partial charge in [0.25, 0.3) is 5.91 Å². The predicted octanol–water partition coefficient (Wildman–Crippen LogP) is 1.81. The second-order valence-corrected chi connectivity index (χ2v) is 7.08. The third-order valence-electron chi connectivity index (χ3n) is 5.37. The van der Waals surface area contributed by atoms with E-state index in [0.717, 1.165) is 16.6 Å². The van der Waals surface area contributed by atoms with Crippen LogP contribution in [0.1, 0.15) is 5.56 Å². The Morgan fingerprint density at radius 3 is 2.71 bits per heavy atom. The lowest BCUT2D eigenvalue weighted by Gasteiger charge is -2.36. The van der Waals surface area contributed by atoms with Crippen LogP contribution in [-0.4, -0.2) is 52.1 Å². The van der Waals surface area contributed by atoms with Crippen LogP contribution in [0.15, 0.2) is 54.6 Å². The van der Waals surface area contributed by atoms with Gasteiger partial charge in [0.05, 0.1) is 17.6 Å². The van der Waals surface area contributed by atoms with Crippen molar-refractivity contribution >= 4 is 28.8 Å². The molecule has 2 aliphatic heterocycles. The topological polar surface area (TPSA) is 67.7 Å². The van der Waals surface area contributed by atoms with Crippen molar-refractivity contribution in [2.45, 2.75) is 19.1 Å². The number of nitrogens with zero attached hydrogens (tertiary/aromatic N) is 4. The summed E-state index contributed by atoms with van der Waals surface area (Å²) in [6.07, 6.45) is 0. The summed E-state index contributed by atoms with van der Waals surface area (Å²) < 4.78 is 7.48. The largest absolute Gasteiger partial charge is 0.369 e. The van der Waals surface area contributed by atoms with E-state index in [9.17, 15) is 9.59 Å². The predicted molar refractivity (Wildman–Crippen MR) is 104 cm³/mol. The van der Waals surface area contributed by atoms with Crippen molar-refractivity contribution in [1.29, 1.82) is 0 Å². The van der Waals surface area contributed by atoms with Gasteiger partial charge in [-0.2, -0.15) is 0 Å². The minimum absolute atomic E-state index is 0.00905. The van der Waals surface area contributed by atoms with Crippen LogP contribution in [0, 0.1) is 0 Å². The molecule has 1 saturated heterocycles. The molecule has 28 heavy (non-hydrogen) atoms. The van der Waals surface area contributed by atoms with Crippen molar-refractivity contribution in [3.63, 3.8) is 0 Å². The fourth-order valence-corrected chi connectivity index (χ4v) is 3.97. The molecule has 0 radical (unpaired) electrons. The number of anilines is 1. The normalized spacial score (nSPS) is 19.3. The molecule has 0 aliphatic carbocycles. The van der Waals surface area contributed by atoms with Gasteiger partial charge in [-0.3, -0.25) is 14.5 Å². The molecule has 1 fully saturated rings. The Bertz CT molecular complexity index is 1050. The number of aromatic nitrogens is 2. The zero-order valence-corrected chi connectivity index (χ0v) is 15.3. The van der Waals surface area contributed by atoms with Crippen LogP contribution in [0.4, 0.5) is 5.95 Å². The highest BCUT2D eigenvalue weighted by Crippen LogP contribution is 2.28. The van der Waals surface area contributed by atoms with Crippen molar-refractivity contribution in [1.82, 2.24) is 14.5 Å². The molecule has 142 valence electrons. The molecule has 2 aliphatic rings. The van der Waals surface area contributed by atoms with Gasteiger partial charge in [0.2, 0.25) is 11.9 Å². The van der Waals surface area contributed by atoms with Gasteiger partial charge in [-0.15, -0.1) is 0 Å². The molecule has 0 N–H and O–H groups in total. The number of benzene rings is 2. The number of hydrogen-bond donors (Lipinski definition) is 0. The quantitative estimate of drug-likeness (QED) is 0.699. The van der Waals surface area contributed by atoms with Gasteiger partial charge in [-0.05, 0) is 17.7 Å². The van der Waals surface area contributed by atoms with Gasteiger partial charge in [0.1, 0.15) is 12.6 Å². The Labute approximate surface area is 162 Å². The molecule has 1 aromatic heterocycles. The molecular weight excluding hydrogens is 356 g/mol. The van der Waals surface area contributed by atoms with Gasteiger partial charge in [0, 0.05) is 19.6 Å². The minimum Gasteiger partial charge on any atom is -0.369 e. The van der Waals surface area contributed by atoms with Crippen molar-refractivity contribution in [3.05, 3.63) is 60.2 Å². The summed E-state index contributed by atoms with van der Waals surface area (Å²) in [6.45, 7) is 1.85. The summed E-state index contributed by atoms with van der Waals surface area (Å²) in [7, 11) is 0. The Morgan fingerprint density at radius 1 is 1.07 bits per heavy atom. The Morgan fingerprint density at radius 2 is 1.86 bits per heavy atom. The number of imidazole rings is 1. The first kappa shape index (κ1) is 16.9. The second-order valence-electron chi connectivity index (χ2n) is 7.08. The summed E-state index contributed by atoms with van der Waals surface area (Å²) in [5.41, 5.74) is 2.88. The first-order valence-electron chi connectivity index (χ1n) is 9.40. The smallest absolute Gasteiger partial charge is 0.254 e. The summed E-state index contributed by atoms with van der Waals surface area (Å²) in [6, 6.07) is 16.9. The van der Waals surface area contributed by atoms with E-state index in [4.69, 9.17) is 4.74 Å². The number of fused-ring (bicyclic) bond motifs is 3. The number of morpholine rings is 1. The molecule has 1 atom stereocenters. The average Bonchev–Trinajstić information content (AvgIpc) is 3.29. The fourth-order valence-electron chi connectivity index (χ4n) is 3.97. The van der Waals surface area contributed by atoms with Crippen molar-refractivity contribution in [2.24, 2.45) is 0 Å². The van der Waals surface area contributed by atoms with Crippen molar-refractivity contribution < 1.29 is 14.3 Å². The maximum atomic E-state index is 13.4. The van der Waals surface area contributed by atoms with Gasteiger partial charge < -0.3 is 14.2 Å². The summed E-state index contributed by atoms with van der Waals surface area (Å²) in [4.78, 5) is 33.9. The van der Waals surface area contributed by atoms with Gasteiger partial charge in [0.15, 0.2) is 0 Å². The number of hydrogen-bond acceptors (Lipinski definition) is 4. The molecule has 7 heteroatoms. The molecule has 1 unspecified atom stereocenters. The maximum absolute atomic E-state index is 13.4. The Balaban J connectivity index is 1.45. The van der Waals surface area contributed by atoms with Crippen LogP contribution < -0.4 is 4.90 Å². The third-order valence-corrected chi connectivity index (χ3v) is 5.37. The molecular formula is C21H20N4O3. The molecule has 0 bridgehead atoms. The van der Waals surface area contributed by atoms with Gasteiger partial charge in [-0.25, -0.2) is 4.98 Å². The second kappa shape index (κ2) is 6.76. The molecule has 2 aromatic carbocycles. The van der Waals surface area contributed by atoms with Crippen LogP contribution in [0.2, 0.25) is 0 Å². The Hall–Kier alpha value is -3.19. The lowest BCUT2D eigenvalue weighted by molar-refractivity contribution is -0.154. The van der Waals surface area contributed by atoms with E-state index in [1.807, 2.05) is 54.6 Å². The van der Waals surface area contributed by atoms with Crippen LogP contribution in [0.3, 0.4) is 0 Å². The Kier molecular flexibility index (Phi) is 4.09. The SMILES string of the molecule is O=C(C1COCC(=O)N1Cc1ccccc1)N1CCn2c1nc1ccccc12. The highest BCUT2D eigenvalue weighted by atomic mass is 16.5. The molecule has 7 nitrogen and oxygen atoms in total. The minimum atomic E-state index is -0.646. The van der Waals surface area contributed by atoms with E-state index in [1.54, 1.807) is 9.80 Å².